The molecule has 5 nitrogen and oxygen atoms in total. The Labute approximate surface area is 160 Å². The van der Waals surface area contributed by atoms with Crippen molar-refractivity contribution in [2.45, 2.75) is 32.7 Å². The van der Waals surface area contributed by atoms with Crippen molar-refractivity contribution in [1.82, 2.24) is 4.90 Å². The molecule has 0 spiro atoms. The van der Waals surface area contributed by atoms with E-state index in [0.717, 1.165) is 30.6 Å². The molecule has 2 aromatic rings. The van der Waals surface area contributed by atoms with Crippen LogP contribution < -0.4 is 10.6 Å². The number of fused-ring (bicyclic) bond motifs is 1. The van der Waals surface area contributed by atoms with Crippen molar-refractivity contribution < 1.29 is 9.59 Å². The molecular weight excluding hydrogens is 338 g/mol. The Morgan fingerprint density at radius 1 is 1.15 bits per heavy atom. The monoisotopic (exact) mass is 365 g/mol. The summed E-state index contributed by atoms with van der Waals surface area (Å²) in [4.78, 5) is 28.2. The topological polar surface area (TPSA) is 66.6 Å². The van der Waals surface area contributed by atoms with Crippen LogP contribution in [0.3, 0.4) is 0 Å². The molecule has 1 heterocycles. The number of rotatable bonds is 7. The summed E-state index contributed by atoms with van der Waals surface area (Å²) in [6.07, 6.45) is 2.27. The molecule has 2 aromatic carbocycles. The molecule has 3 rings (SSSR count). The van der Waals surface area contributed by atoms with Crippen LogP contribution in [0.5, 0.6) is 0 Å². The summed E-state index contributed by atoms with van der Waals surface area (Å²) in [7, 11) is 0. The van der Waals surface area contributed by atoms with Crippen LogP contribution in [0, 0.1) is 6.92 Å². The maximum Gasteiger partial charge on any atom is 0.242 e. The zero-order chi connectivity index (χ0) is 19.2. The highest BCUT2D eigenvalue weighted by molar-refractivity contribution is 5.83. The van der Waals surface area contributed by atoms with Crippen molar-refractivity contribution in [2.24, 2.45) is 5.73 Å². The van der Waals surface area contributed by atoms with Gasteiger partial charge in [0.05, 0.1) is 6.54 Å². The van der Waals surface area contributed by atoms with Crippen molar-refractivity contribution in [3.8, 4) is 0 Å². The predicted molar refractivity (Wildman–Crippen MR) is 107 cm³/mol. The number of primary amides is 1. The van der Waals surface area contributed by atoms with Gasteiger partial charge in [-0.15, -0.1) is 0 Å². The molecule has 0 saturated carbocycles. The van der Waals surface area contributed by atoms with Gasteiger partial charge in [-0.3, -0.25) is 9.59 Å². The zero-order valence-electron chi connectivity index (χ0n) is 15.9. The fourth-order valence-corrected chi connectivity index (χ4v) is 3.57. The van der Waals surface area contributed by atoms with Gasteiger partial charge in [-0.25, -0.2) is 0 Å². The number of hydrogen-bond acceptors (Lipinski definition) is 3. The van der Waals surface area contributed by atoms with E-state index in [1.165, 1.54) is 11.1 Å². The number of anilines is 1. The molecule has 27 heavy (non-hydrogen) atoms. The molecule has 1 aliphatic rings. The summed E-state index contributed by atoms with van der Waals surface area (Å²) in [6, 6.07) is 16.3. The summed E-state index contributed by atoms with van der Waals surface area (Å²) in [5.74, 6) is -0.367. The first-order chi connectivity index (χ1) is 13.0. The van der Waals surface area contributed by atoms with Crippen LogP contribution in [-0.4, -0.2) is 36.3 Å². The van der Waals surface area contributed by atoms with E-state index in [2.05, 4.69) is 30.0 Å². The van der Waals surface area contributed by atoms with E-state index in [-0.39, 0.29) is 18.2 Å². The Kier molecular flexibility index (Phi) is 6.12. The molecule has 5 heteroatoms. The molecule has 0 atom stereocenters. The number of amides is 2. The number of nitrogens with zero attached hydrogens (tertiary/aromatic N) is 2. The Morgan fingerprint density at radius 3 is 2.67 bits per heavy atom. The van der Waals surface area contributed by atoms with Crippen LogP contribution in [-0.2, 0) is 22.6 Å². The molecule has 0 bridgehead atoms. The summed E-state index contributed by atoms with van der Waals surface area (Å²) >= 11 is 0. The molecule has 0 aliphatic carbocycles. The number of aryl methyl sites for hydroxylation is 2. The van der Waals surface area contributed by atoms with Gasteiger partial charge in [0.1, 0.15) is 0 Å². The van der Waals surface area contributed by atoms with Gasteiger partial charge in [0.25, 0.3) is 0 Å². The van der Waals surface area contributed by atoms with E-state index in [0.29, 0.717) is 19.6 Å². The summed E-state index contributed by atoms with van der Waals surface area (Å²) in [6.45, 7) is 4.12. The van der Waals surface area contributed by atoms with Gasteiger partial charge in [-0.2, -0.15) is 0 Å². The van der Waals surface area contributed by atoms with Crippen LogP contribution >= 0.6 is 0 Å². The standard InChI is InChI=1S/C22H27N3O2/c1-17-9-10-20-19(14-17)8-5-12-24(20)16-22(27)25(13-11-21(23)26)15-18-6-3-2-4-7-18/h2-4,6-7,9-10,14H,5,8,11-13,15-16H2,1H3,(H2,23,26). The van der Waals surface area contributed by atoms with Crippen LogP contribution in [0.4, 0.5) is 5.69 Å². The lowest BCUT2D eigenvalue weighted by Crippen LogP contribution is -2.43. The van der Waals surface area contributed by atoms with E-state index in [1.54, 1.807) is 4.90 Å². The molecule has 0 saturated heterocycles. The van der Waals surface area contributed by atoms with Crippen molar-refractivity contribution in [3.63, 3.8) is 0 Å². The quantitative estimate of drug-likeness (QED) is 0.820. The summed E-state index contributed by atoms with van der Waals surface area (Å²) in [5.41, 5.74) is 10.1. The van der Waals surface area contributed by atoms with Crippen LogP contribution in [0.15, 0.2) is 48.5 Å². The van der Waals surface area contributed by atoms with Gasteiger partial charge in [0, 0.05) is 31.7 Å². The molecule has 2 N–H and O–H groups in total. The highest BCUT2D eigenvalue weighted by Gasteiger charge is 2.22. The van der Waals surface area contributed by atoms with E-state index in [4.69, 9.17) is 5.73 Å². The normalized spacial score (nSPS) is 13.1. The largest absolute Gasteiger partial charge is 0.370 e. The van der Waals surface area contributed by atoms with Crippen molar-refractivity contribution in [3.05, 3.63) is 65.2 Å². The number of benzene rings is 2. The lowest BCUT2D eigenvalue weighted by Gasteiger charge is -2.33. The summed E-state index contributed by atoms with van der Waals surface area (Å²) in [5, 5.41) is 0. The Balaban J connectivity index is 1.73. The van der Waals surface area contributed by atoms with E-state index < -0.39 is 0 Å². The molecule has 1 aliphatic heterocycles. The molecular formula is C22H27N3O2. The second kappa shape index (κ2) is 8.71. The van der Waals surface area contributed by atoms with E-state index >= 15 is 0 Å². The first kappa shape index (κ1) is 19.0. The third kappa shape index (κ3) is 5.09. The predicted octanol–water partition coefficient (Wildman–Crippen LogP) is 2.65. The van der Waals surface area contributed by atoms with Crippen LogP contribution in [0.2, 0.25) is 0 Å². The van der Waals surface area contributed by atoms with Gasteiger partial charge in [-0.1, -0.05) is 48.0 Å². The van der Waals surface area contributed by atoms with Crippen LogP contribution in [0.25, 0.3) is 0 Å². The number of carbonyl (C=O) groups excluding carboxylic acids is 2. The van der Waals surface area contributed by atoms with Gasteiger partial charge >= 0.3 is 0 Å². The molecule has 0 radical (unpaired) electrons. The lowest BCUT2D eigenvalue weighted by molar-refractivity contribution is -0.130. The lowest BCUT2D eigenvalue weighted by atomic mass is 9.99. The third-order valence-electron chi connectivity index (χ3n) is 4.97. The number of nitrogens with two attached hydrogens (primary N) is 1. The second-order valence-corrected chi connectivity index (χ2v) is 7.17. The number of hydrogen-bond donors (Lipinski definition) is 1. The van der Waals surface area contributed by atoms with Crippen LogP contribution in [0.1, 0.15) is 29.5 Å². The zero-order valence-corrected chi connectivity index (χ0v) is 15.9. The summed E-state index contributed by atoms with van der Waals surface area (Å²) < 4.78 is 0. The first-order valence-corrected chi connectivity index (χ1v) is 9.47. The van der Waals surface area contributed by atoms with E-state index in [1.807, 2.05) is 30.3 Å². The second-order valence-electron chi connectivity index (χ2n) is 7.17. The van der Waals surface area contributed by atoms with Crippen molar-refractivity contribution in [2.75, 3.05) is 24.5 Å². The molecule has 0 unspecified atom stereocenters. The molecule has 2 amide bonds. The Bertz CT molecular complexity index is 804. The Morgan fingerprint density at radius 2 is 1.93 bits per heavy atom. The minimum Gasteiger partial charge on any atom is -0.370 e. The average molecular weight is 365 g/mol. The smallest absolute Gasteiger partial charge is 0.242 e. The van der Waals surface area contributed by atoms with Crippen molar-refractivity contribution >= 4 is 17.5 Å². The first-order valence-electron chi connectivity index (χ1n) is 9.47. The third-order valence-corrected chi connectivity index (χ3v) is 4.97. The SMILES string of the molecule is Cc1ccc2c(c1)CCCN2CC(=O)N(CCC(N)=O)Cc1ccccc1. The Hall–Kier alpha value is -2.82. The van der Waals surface area contributed by atoms with Crippen molar-refractivity contribution in [1.29, 1.82) is 0 Å². The minimum atomic E-state index is -0.389. The molecule has 0 fully saturated rings. The van der Waals surface area contributed by atoms with Gasteiger partial charge in [0.15, 0.2) is 0 Å². The molecule has 0 aromatic heterocycles. The molecule has 142 valence electrons. The van der Waals surface area contributed by atoms with Gasteiger partial charge in [0.2, 0.25) is 11.8 Å². The average Bonchev–Trinajstić information content (AvgIpc) is 2.65. The van der Waals surface area contributed by atoms with E-state index in [9.17, 15) is 9.59 Å². The highest BCUT2D eigenvalue weighted by Crippen LogP contribution is 2.28. The number of carbonyl (C=O) groups is 2. The van der Waals surface area contributed by atoms with Gasteiger partial charge in [-0.05, 0) is 37.0 Å². The fourth-order valence-electron chi connectivity index (χ4n) is 3.57. The maximum absolute atomic E-state index is 13.0. The highest BCUT2D eigenvalue weighted by atomic mass is 16.2. The maximum atomic E-state index is 13.0. The van der Waals surface area contributed by atoms with Gasteiger partial charge < -0.3 is 15.5 Å². The fraction of sp³-hybridized carbons (Fsp3) is 0.364. The minimum absolute atomic E-state index is 0.0218.